The number of aromatic nitrogens is 3. The van der Waals surface area contributed by atoms with Crippen LogP contribution in [0.1, 0.15) is 11.1 Å². The Morgan fingerprint density at radius 1 is 1.04 bits per heavy atom. The topological polar surface area (TPSA) is 48.8 Å². The predicted octanol–water partition coefficient (Wildman–Crippen LogP) is 3.99. The molecule has 0 radical (unpaired) electrons. The van der Waals surface area contributed by atoms with Gasteiger partial charge in [-0.2, -0.15) is 18.3 Å². The average molecular weight is 344 g/mol. The minimum absolute atomic E-state index is 0.420. The van der Waals surface area contributed by atoms with Crippen LogP contribution in [0.5, 0.6) is 0 Å². The monoisotopic (exact) mass is 344 g/mol. The molecular formula is C18H15F3N4. The maximum Gasteiger partial charge on any atom is 0.416 e. The fourth-order valence-electron chi connectivity index (χ4n) is 3.13. The highest BCUT2D eigenvalue weighted by atomic mass is 19.4. The van der Waals surface area contributed by atoms with Gasteiger partial charge in [-0.25, -0.2) is 0 Å². The fraction of sp³-hybridized carbons (Fsp3) is 0.167. The second-order valence-corrected chi connectivity index (χ2v) is 5.98. The SMILES string of the molecule is Cn1cc2c3cc(CN)ccc3n(-c3ccc(C(F)(F)F)cc3)c2n1. The molecule has 2 aromatic carbocycles. The molecule has 0 atom stereocenters. The van der Waals surface area contributed by atoms with Crippen LogP contribution in [0.3, 0.4) is 0 Å². The summed E-state index contributed by atoms with van der Waals surface area (Å²) >= 11 is 0. The van der Waals surface area contributed by atoms with E-state index in [4.69, 9.17) is 5.73 Å². The van der Waals surface area contributed by atoms with Gasteiger partial charge in [0.1, 0.15) is 0 Å². The van der Waals surface area contributed by atoms with Gasteiger partial charge < -0.3 is 5.73 Å². The molecule has 0 spiro atoms. The molecule has 2 N–H and O–H groups in total. The first-order valence-corrected chi connectivity index (χ1v) is 7.73. The van der Waals surface area contributed by atoms with E-state index in [1.165, 1.54) is 12.1 Å². The van der Waals surface area contributed by atoms with Crippen LogP contribution < -0.4 is 5.73 Å². The molecule has 4 nitrogen and oxygen atoms in total. The summed E-state index contributed by atoms with van der Waals surface area (Å²) in [5.74, 6) is 0. The van der Waals surface area contributed by atoms with Gasteiger partial charge in [-0.1, -0.05) is 6.07 Å². The number of halogens is 3. The van der Waals surface area contributed by atoms with E-state index in [1.54, 1.807) is 4.68 Å². The number of fused-ring (bicyclic) bond motifs is 3. The third-order valence-corrected chi connectivity index (χ3v) is 4.30. The maximum absolute atomic E-state index is 12.8. The van der Waals surface area contributed by atoms with Gasteiger partial charge in [-0.05, 0) is 42.0 Å². The van der Waals surface area contributed by atoms with E-state index < -0.39 is 11.7 Å². The van der Waals surface area contributed by atoms with Gasteiger partial charge in [-0.3, -0.25) is 9.25 Å². The summed E-state index contributed by atoms with van der Waals surface area (Å²) < 4.78 is 42.0. The molecule has 2 aromatic heterocycles. The summed E-state index contributed by atoms with van der Waals surface area (Å²) in [5, 5.41) is 6.39. The van der Waals surface area contributed by atoms with Crippen molar-refractivity contribution < 1.29 is 13.2 Å². The number of hydrogen-bond donors (Lipinski definition) is 1. The molecule has 0 aliphatic heterocycles. The molecular weight excluding hydrogens is 329 g/mol. The smallest absolute Gasteiger partial charge is 0.326 e. The zero-order chi connectivity index (χ0) is 17.8. The Morgan fingerprint density at radius 3 is 2.40 bits per heavy atom. The van der Waals surface area contributed by atoms with Gasteiger partial charge in [0.05, 0.1) is 11.1 Å². The standard InChI is InChI=1S/C18H15F3N4/c1-24-10-15-14-8-11(9-22)2-7-16(14)25(17(15)23-24)13-5-3-12(4-6-13)18(19,20)21/h2-8,10H,9,22H2,1H3. The first-order valence-electron chi connectivity index (χ1n) is 7.73. The van der Waals surface area contributed by atoms with Crippen molar-refractivity contribution in [3.63, 3.8) is 0 Å². The molecule has 0 unspecified atom stereocenters. The first-order chi connectivity index (χ1) is 11.9. The summed E-state index contributed by atoms with van der Waals surface area (Å²) in [5.41, 5.74) is 8.27. The van der Waals surface area contributed by atoms with Crippen molar-refractivity contribution in [3.8, 4) is 5.69 Å². The third kappa shape index (κ3) is 2.47. The maximum atomic E-state index is 12.8. The van der Waals surface area contributed by atoms with Gasteiger partial charge in [0.2, 0.25) is 0 Å². The number of nitrogens with two attached hydrogens (primary N) is 1. The Kier molecular flexibility index (Phi) is 3.36. The summed E-state index contributed by atoms with van der Waals surface area (Å²) in [6, 6.07) is 11.0. The first kappa shape index (κ1) is 15.7. The third-order valence-electron chi connectivity index (χ3n) is 4.30. The normalized spacial score (nSPS) is 12.4. The van der Waals surface area contributed by atoms with Crippen molar-refractivity contribution in [2.45, 2.75) is 12.7 Å². The van der Waals surface area contributed by atoms with Gasteiger partial charge in [-0.15, -0.1) is 0 Å². The van der Waals surface area contributed by atoms with Crippen molar-refractivity contribution in [3.05, 3.63) is 59.8 Å². The molecule has 25 heavy (non-hydrogen) atoms. The molecule has 0 fully saturated rings. The van der Waals surface area contributed by atoms with Crippen LogP contribution in [0.2, 0.25) is 0 Å². The zero-order valence-electron chi connectivity index (χ0n) is 13.4. The van der Waals surface area contributed by atoms with Crippen molar-refractivity contribution >= 4 is 21.9 Å². The van der Waals surface area contributed by atoms with E-state index in [1.807, 2.05) is 36.0 Å². The minimum Gasteiger partial charge on any atom is -0.326 e. The number of benzene rings is 2. The van der Waals surface area contributed by atoms with E-state index in [0.29, 0.717) is 17.9 Å². The number of aryl methyl sites for hydroxylation is 1. The predicted molar refractivity (Wildman–Crippen MR) is 90.4 cm³/mol. The largest absolute Gasteiger partial charge is 0.416 e. The lowest BCUT2D eigenvalue weighted by atomic mass is 10.1. The van der Waals surface area contributed by atoms with E-state index in [2.05, 4.69) is 5.10 Å². The van der Waals surface area contributed by atoms with Crippen molar-refractivity contribution in [1.29, 1.82) is 0 Å². The van der Waals surface area contributed by atoms with Crippen LogP contribution in [0.4, 0.5) is 13.2 Å². The van der Waals surface area contributed by atoms with E-state index in [9.17, 15) is 13.2 Å². The molecule has 4 rings (SSSR count). The Hall–Kier alpha value is -2.80. The van der Waals surface area contributed by atoms with Gasteiger partial charge in [0.15, 0.2) is 5.65 Å². The fourth-order valence-corrected chi connectivity index (χ4v) is 3.13. The van der Waals surface area contributed by atoms with Gasteiger partial charge in [0, 0.05) is 36.2 Å². The highest BCUT2D eigenvalue weighted by Gasteiger charge is 2.30. The molecule has 2 heterocycles. The molecule has 128 valence electrons. The summed E-state index contributed by atoms with van der Waals surface area (Å²) in [4.78, 5) is 0. The van der Waals surface area contributed by atoms with Crippen LogP contribution in [0.25, 0.3) is 27.6 Å². The summed E-state index contributed by atoms with van der Waals surface area (Å²) in [6.07, 6.45) is -2.45. The van der Waals surface area contributed by atoms with Crippen molar-refractivity contribution in [1.82, 2.24) is 14.3 Å². The van der Waals surface area contributed by atoms with Crippen LogP contribution in [0.15, 0.2) is 48.7 Å². The van der Waals surface area contributed by atoms with Crippen LogP contribution in [0, 0.1) is 0 Å². The highest BCUT2D eigenvalue weighted by Crippen LogP contribution is 2.34. The Morgan fingerprint density at radius 2 is 1.76 bits per heavy atom. The number of hydrogen-bond acceptors (Lipinski definition) is 2. The second-order valence-electron chi connectivity index (χ2n) is 5.98. The number of nitrogens with zero attached hydrogens (tertiary/aromatic N) is 3. The molecule has 0 bridgehead atoms. The average Bonchev–Trinajstić information content (AvgIpc) is 3.08. The zero-order valence-corrected chi connectivity index (χ0v) is 13.4. The lowest BCUT2D eigenvalue weighted by Crippen LogP contribution is -2.05. The Balaban J connectivity index is 1.99. The summed E-state index contributed by atoms with van der Waals surface area (Å²) in [6.45, 7) is 0.420. The van der Waals surface area contributed by atoms with Crippen molar-refractivity contribution in [2.24, 2.45) is 12.8 Å². The minimum atomic E-state index is -4.35. The quantitative estimate of drug-likeness (QED) is 0.598. The second kappa shape index (κ2) is 5.35. The molecule has 0 saturated carbocycles. The molecule has 0 aliphatic carbocycles. The molecule has 0 amide bonds. The van der Waals surface area contributed by atoms with Gasteiger partial charge >= 0.3 is 6.18 Å². The van der Waals surface area contributed by atoms with E-state index in [-0.39, 0.29) is 0 Å². The molecule has 4 aromatic rings. The number of rotatable bonds is 2. The van der Waals surface area contributed by atoms with Crippen LogP contribution >= 0.6 is 0 Å². The Labute approximate surface area is 141 Å². The van der Waals surface area contributed by atoms with Gasteiger partial charge in [0.25, 0.3) is 0 Å². The van der Waals surface area contributed by atoms with Crippen molar-refractivity contribution in [2.75, 3.05) is 0 Å². The highest BCUT2D eigenvalue weighted by molar-refractivity contribution is 6.08. The van der Waals surface area contributed by atoms with Crippen LogP contribution in [-0.2, 0) is 19.8 Å². The Bertz CT molecular complexity index is 1070. The number of alkyl halides is 3. The van der Waals surface area contributed by atoms with Crippen LogP contribution in [-0.4, -0.2) is 14.3 Å². The lowest BCUT2D eigenvalue weighted by Gasteiger charge is -2.10. The van der Waals surface area contributed by atoms with E-state index >= 15 is 0 Å². The molecule has 7 heteroatoms. The van der Waals surface area contributed by atoms with E-state index in [0.717, 1.165) is 34.0 Å². The molecule has 0 saturated heterocycles. The molecule has 0 aliphatic rings. The lowest BCUT2D eigenvalue weighted by molar-refractivity contribution is -0.137. The summed E-state index contributed by atoms with van der Waals surface area (Å²) in [7, 11) is 1.82.